The van der Waals surface area contributed by atoms with Gasteiger partial charge in [-0.25, -0.2) is 4.79 Å². The average Bonchev–Trinajstić information content (AvgIpc) is 2.75. The third-order valence-corrected chi connectivity index (χ3v) is 4.36. The van der Waals surface area contributed by atoms with Gasteiger partial charge in [-0.15, -0.1) is 0 Å². The smallest absolute Gasteiger partial charge is 0.306 e. The Balaban J connectivity index is 2.09. The zero-order chi connectivity index (χ0) is 13.1. The third kappa shape index (κ3) is 1.73. The van der Waals surface area contributed by atoms with Gasteiger partial charge in [-0.3, -0.25) is 4.79 Å². The first-order valence-electron chi connectivity index (χ1n) is 5.84. The molecule has 0 saturated heterocycles. The van der Waals surface area contributed by atoms with Gasteiger partial charge >= 0.3 is 5.69 Å². The Morgan fingerprint density at radius 1 is 1.33 bits per heavy atom. The Bertz CT molecular complexity index is 711. The second-order valence-electron chi connectivity index (χ2n) is 5.57. The maximum atomic E-state index is 12.4. The van der Waals surface area contributed by atoms with Crippen LogP contribution in [0.25, 0.3) is 11.0 Å². The van der Waals surface area contributed by atoms with Crippen molar-refractivity contribution in [2.24, 2.45) is 11.3 Å². The zero-order valence-electron chi connectivity index (χ0n) is 10.1. The van der Waals surface area contributed by atoms with Crippen molar-refractivity contribution in [3.63, 3.8) is 0 Å². The van der Waals surface area contributed by atoms with Gasteiger partial charge in [-0.05, 0) is 39.9 Å². The van der Waals surface area contributed by atoms with Gasteiger partial charge in [0.2, 0.25) is 0 Å². The molecule has 0 aliphatic heterocycles. The minimum absolute atomic E-state index is 0.0944. The molecule has 0 spiro atoms. The number of ketones is 1. The number of imidazole rings is 1. The normalized spacial score (nSPS) is 21.2. The van der Waals surface area contributed by atoms with Crippen LogP contribution in [-0.2, 0) is 0 Å². The van der Waals surface area contributed by atoms with Crippen molar-refractivity contribution in [3.8, 4) is 0 Å². The lowest BCUT2D eigenvalue weighted by Gasteiger charge is -2.05. The molecule has 18 heavy (non-hydrogen) atoms. The lowest BCUT2D eigenvalue weighted by Crippen LogP contribution is -2.07. The van der Waals surface area contributed by atoms with E-state index in [4.69, 9.17) is 0 Å². The SMILES string of the molecule is CC1(C)CC1C(=O)c1cc2[nH]c(=O)[nH]c2cc1Br. The van der Waals surface area contributed by atoms with Crippen LogP contribution in [0.5, 0.6) is 0 Å². The maximum Gasteiger partial charge on any atom is 0.323 e. The Labute approximate surface area is 112 Å². The number of rotatable bonds is 2. The predicted molar refractivity (Wildman–Crippen MR) is 72.8 cm³/mol. The molecule has 1 aromatic heterocycles. The van der Waals surface area contributed by atoms with Crippen molar-refractivity contribution in [2.45, 2.75) is 20.3 Å². The number of carbonyl (C=O) groups excluding carboxylic acids is 1. The molecule has 1 aliphatic rings. The molecule has 0 radical (unpaired) electrons. The van der Waals surface area contributed by atoms with E-state index in [0.29, 0.717) is 16.6 Å². The Morgan fingerprint density at radius 2 is 1.89 bits per heavy atom. The molecule has 1 aliphatic carbocycles. The number of fused-ring (bicyclic) bond motifs is 1. The van der Waals surface area contributed by atoms with E-state index in [-0.39, 0.29) is 22.8 Å². The number of hydrogen-bond acceptors (Lipinski definition) is 2. The molecule has 1 saturated carbocycles. The molecular weight excluding hydrogens is 296 g/mol. The number of aromatic nitrogens is 2. The molecule has 2 aromatic rings. The van der Waals surface area contributed by atoms with Crippen LogP contribution >= 0.6 is 15.9 Å². The summed E-state index contributed by atoms with van der Waals surface area (Å²) in [5.74, 6) is 0.243. The Morgan fingerprint density at radius 3 is 2.44 bits per heavy atom. The summed E-state index contributed by atoms with van der Waals surface area (Å²) in [6.07, 6.45) is 0.931. The lowest BCUT2D eigenvalue weighted by molar-refractivity contribution is 0.0952. The van der Waals surface area contributed by atoms with Gasteiger partial charge in [-0.1, -0.05) is 13.8 Å². The van der Waals surface area contributed by atoms with Crippen LogP contribution in [0.2, 0.25) is 0 Å². The maximum absolute atomic E-state index is 12.4. The summed E-state index contributed by atoms with van der Waals surface area (Å²) in [5.41, 5.74) is 1.88. The molecule has 3 rings (SSSR count). The highest BCUT2D eigenvalue weighted by molar-refractivity contribution is 9.10. The van der Waals surface area contributed by atoms with E-state index < -0.39 is 0 Å². The van der Waals surface area contributed by atoms with Gasteiger partial charge in [0.1, 0.15) is 0 Å². The van der Waals surface area contributed by atoms with Crippen LogP contribution in [0.4, 0.5) is 0 Å². The third-order valence-electron chi connectivity index (χ3n) is 3.70. The standard InChI is InChI=1S/C13H13BrN2O2/c1-13(2)5-7(13)11(17)6-3-9-10(4-8(6)14)16-12(18)15-9/h3-4,7H,5H2,1-2H3,(H2,15,16,18). The molecule has 4 nitrogen and oxygen atoms in total. The molecule has 1 aromatic carbocycles. The molecule has 1 unspecified atom stereocenters. The van der Waals surface area contributed by atoms with Crippen LogP contribution in [0, 0.1) is 11.3 Å². The van der Waals surface area contributed by atoms with Gasteiger partial charge in [0.05, 0.1) is 11.0 Å². The highest BCUT2D eigenvalue weighted by Gasteiger charge is 2.50. The van der Waals surface area contributed by atoms with Crippen LogP contribution in [0.15, 0.2) is 21.4 Å². The fourth-order valence-electron chi connectivity index (χ4n) is 2.35. The zero-order valence-corrected chi connectivity index (χ0v) is 11.7. The van der Waals surface area contributed by atoms with Crippen molar-refractivity contribution in [2.75, 3.05) is 0 Å². The van der Waals surface area contributed by atoms with Crippen molar-refractivity contribution in [1.29, 1.82) is 0 Å². The monoisotopic (exact) mass is 308 g/mol. The fourth-order valence-corrected chi connectivity index (χ4v) is 2.89. The summed E-state index contributed by atoms with van der Waals surface area (Å²) >= 11 is 3.40. The highest BCUT2D eigenvalue weighted by atomic mass is 79.9. The first-order valence-corrected chi connectivity index (χ1v) is 6.63. The number of carbonyl (C=O) groups is 1. The topological polar surface area (TPSA) is 65.7 Å². The van der Waals surface area contributed by atoms with Crippen molar-refractivity contribution in [1.82, 2.24) is 9.97 Å². The minimum Gasteiger partial charge on any atom is -0.306 e. The van der Waals surface area contributed by atoms with E-state index in [1.54, 1.807) is 12.1 Å². The van der Waals surface area contributed by atoms with Crippen molar-refractivity contribution < 1.29 is 4.79 Å². The van der Waals surface area contributed by atoms with E-state index >= 15 is 0 Å². The Kier molecular flexibility index (Phi) is 2.32. The molecule has 2 N–H and O–H groups in total. The number of Topliss-reactive ketones (excluding diaryl/α,β-unsaturated/α-hetero) is 1. The second-order valence-corrected chi connectivity index (χ2v) is 6.42. The van der Waals surface area contributed by atoms with Crippen LogP contribution in [0.1, 0.15) is 30.6 Å². The van der Waals surface area contributed by atoms with Gasteiger partial charge in [-0.2, -0.15) is 0 Å². The number of benzene rings is 1. The number of halogens is 1. The number of aromatic amines is 2. The predicted octanol–water partition coefficient (Wildman–Crippen LogP) is 2.85. The van der Waals surface area contributed by atoms with E-state index in [9.17, 15) is 9.59 Å². The highest BCUT2D eigenvalue weighted by Crippen LogP contribution is 2.53. The average molecular weight is 309 g/mol. The fraction of sp³-hybridized carbons (Fsp3) is 0.385. The van der Waals surface area contributed by atoms with E-state index in [2.05, 4.69) is 39.7 Å². The number of nitrogens with one attached hydrogen (secondary N) is 2. The molecule has 0 amide bonds. The van der Waals surface area contributed by atoms with E-state index in [1.165, 1.54) is 0 Å². The number of hydrogen-bond donors (Lipinski definition) is 2. The summed E-state index contributed by atoms with van der Waals surface area (Å²) in [4.78, 5) is 28.9. The quantitative estimate of drug-likeness (QED) is 0.838. The van der Waals surface area contributed by atoms with E-state index in [1.807, 2.05) is 0 Å². The first-order chi connectivity index (χ1) is 8.38. The van der Waals surface area contributed by atoms with Gasteiger partial charge in [0.15, 0.2) is 5.78 Å². The number of H-pyrrole nitrogens is 2. The van der Waals surface area contributed by atoms with E-state index in [0.717, 1.165) is 10.9 Å². The summed E-state index contributed by atoms with van der Waals surface area (Å²) in [7, 11) is 0. The van der Waals surface area contributed by atoms with Crippen LogP contribution < -0.4 is 5.69 Å². The lowest BCUT2D eigenvalue weighted by atomic mass is 10.0. The molecule has 1 atom stereocenters. The molecule has 0 bridgehead atoms. The minimum atomic E-state index is -0.256. The van der Waals surface area contributed by atoms with Gasteiger partial charge < -0.3 is 9.97 Å². The van der Waals surface area contributed by atoms with Crippen LogP contribution in [0.3, 0.4) is 0 Å². The second kappa shape index (κ2) is 3.57. The molecule has 94 valence electrons. The molecule has 5 heteroatoms. The largest absolute Gasteiger partial charge is 0.323 e. The van der Waals surface area contributed by atoms with Gasteiger partial charge in [0, 0.05) is 16.0 Å². The van der Waals surface area contributed by atoms with Gasteiger partial charge in [0.25, 0.3) is 0 Å². The summed E-state index contributed by atoms with van der Waals surface area (Å²) in [6, 6.07) is 3.52. The Hall–Kier alpha value is -1.36. The van der Waals surface area contributed by atoms with Crippen molar-refractivity contribution in [3.05, 3.63) is 32.7 Å². The molecule has 1 fully saturated rings. The summed E-state index contributed by atoms with van der Waals surface area (Å²) in [5, 5.41) is 0. The molecule has 1 heterocycles. The van der Waals surface area contributed by atoms with Crippen LogP contribution in [-0.4, -0.2) is 15.8 Å². The summed E-state index contributed by atoms with van der Waals surface area (Å²) < 4.78 is 0.734. The first kappa shape index (κ1) is 11.7. The summed E-state index contributed by atoms with van der Waals surface area (Å²) in [6.45, 7) is 4.19. The molecular formula is C13H13BrN2O2. The van der Waals surface area contributed by atoms with Crippen molar-refractivity contribution >= 4 is 32.7 Å².